The van der Waals surface area contributed by atoms with E-state index < -0.39 is 6.10 Å². The topological polar surface area (TPSA) is 78.9 Å². The number of hydrogen-bond acceptors (Lipinski definition) is 6. The predicted octanol–water partition coefficient (Wildman–Crippen LogP) is 23.0. The SMILES string of the molecule is CC/C=C\C/C=C\C/C=C\C/C=C\C/C=C\CCCCCCCCCCCCCC(=O)OCC(COC(=O)CCCCCCC/C=C\CCCCCC)OC(=O)CCCCCCCC/C=C\C/C=C\C/C=C\CCCCCCC. The van der Waals surface area contributed by atoms with Crippen molar-refractivity contribution in [1.82, 2.24) is 0 Å². The van der Waals surface area contributed by atoms with Crippen LogP contribution in [0.3, 0.4) is 0 Å². The number of hydrogen-bond donors (Lipinski definition) is 0. The molecule has 1 atom stereocenters. The number of ether oxygens (including phenoxy) is 3. The van der Waals surface area contributed by atoms with Crippen LogP contribution in [0.4, 0.5) is 0 Å². The third kappa shape index (κ3) is 64.8. The van der Waals surface area contributed by atoms with Crippen LogP contribution in [0, 0.1) is 0 Å². The molecule has 0 saturated carbocycles. The first kappa shape index (κ1) is 75.1. The Kier molecular flexibility index (Phi) is 63.3. The molecule has 0 aromatic carbocycles. The zero-order chi connectivity index (χ0) is 57.1. The second kappa shape index (κ2) is 66.6. The van der Waals surface area contributed by atoms with E-state index in [2.05, 4.69) is 130 Å². The first-order chi connectivity index (χ1) is 39.0. The summed E-state index contributed by atoms with van der Waals surface area (Å²) in [4.78, 5) is 38.4. The van der Waals surface area contributed by atoms with Gasteiger partial charge in [-0.2, -0.15) is 0 Å². The molecule has 0 aliphatic rings. The minimum absolute atomic E-state index is 0.0875. The highest BCUT2D eigenvalue weighted by Gasteiger charge is 2.19. The highest BCUT2D eigenvalue weighted by Crippen LogP contribution is 2.16. The number of rotatable bonds is 60. The molecule has 1 unspecified atom stereocenters. The van der Waals surface area contributed by atoms with Gasteiger partial charge in [0.2, 0.25) is 0 Å². The van der Waals surface area contributed by atoms with Crippen LogP contribution in [-0.4, -0.2) is 37.2 Å². The van der Waals surface area contributed by atoms with E-state index in [0.717, 1.165) is 122 Å². The molecule has 0 rings (SSSR count). The zero-order valence-corrected chi connectivity index (χ0v) is 51.9. The van der Waals surface area contributed by atoms with Crippen molar-refractivity contribution in [2.45, 2.75) is 322 Å². The Morgan fingerprint density at radius 1 is 0.266 bits per heavy atom. The van der Waals surface area contributed by atoms with Gasteiger partial charge < -0.3 is 14.2 Å². The average Bonchev–Trinajstić information content (AvgIpc) is 3.45. The largest absolute Gasteiger partial charge is 0.462 e. The third-order valence-electron chi connectivity index (χ3n) is 14.2. The summed E-state index contributed by atoms with van der Waals surface area (Å²) in [5.74, 6) is -0.903. The number of esters is 3. The van der Waals surface area contributed by atoms with Gasteiger partial charge in [0.1, 0.15) is 13.2 Å². The molecule has 0 amide bonds. The maximum absolute atomic E-state index is 12.9. The fraction of sp³-hybridized carbons (Fsp3) is 0.712. The molecule has 0 saturated heterocycles. The molecule has 0 aromatic rings. The van der Waals surface area contributed by atoms with Gasteiger partial charge in [-0.15, -0.1) is 0 Å². The Hall–Kier alpha value is -3.93. The van der Waals surface area contributed by atoms with E-state index in [1.807, 2.05) is 0 Å². The van der Waals surface area contributed by atoms with E-state index >= 15 is 0 Å². The van der Waals surface area contributed by atoms with E-state index in [1.165, 1.54) is 154 Å². The van der Waals surface area contributed by atoms with Crippen LogP contribution in [0.1, 0.15) is 316 Å². The molecule has 6 heteroatoms. The van der Waals surface area contributed by atoms with Crippen molar-refractivity contribution in [3.8, 4) is 0 Å². The number of carbonyl (C=O) groups is 3. The van der Waals surface area contributed by atoms with Gasteiger partial charge in [0.05, 0.1) is 0 Å². The number of unbranched alkanes of at least 4 members (excludes halogenated alkanes) is 31. The molecular weight excluding hydrogens is 973 g/mol. The van der Waals surface area contributed by atoms with Gasteiger partial charge in [-0.3, -0.25) is 14.4 Å². The summed E-state index contributed by atoms with van der Waals surface area (Å²) < 4.78 is 16.9. The highest BCUT2D eigenvalue weighted by molar-refractivity contribution is 5.71. The van der Waals surface area contributed by atoms with Gasteiger partial charge in [0.15, 0.2) is 6.10 Å². The summed E-state index contributed by atoms with van der Waals surface area (Å²) in [5, 5.41) is 0. The molecule has 0 spiro atoms. The van der Waals surface area contributed by atoms with Crippen LogP contribution in [0.2, 0.25) is 0 Å². The van der Waals surface area contributed by atoms with Gasteiger partial charge in [-0.1, -0.05) is 278 Å². The van der Waals surface area contributed by atoms with Gasteiger partial charge in [0, 0.05) is 19.3 Å². The third-order valence-corrected chi connectivity index (χ3v) is 14.2. The maximum Gasteiger partial charge on any atom is 0.306 e. The Balaban J connectivity index is 4.34. The van der Waals surface area contributed by atoms with Gasteiger partial charge >= 0.3 is 17.9 Å². The quantitative estimate of drug-likeness (QED) is 0.0261. The fourth-order valence-corrected chi connectivity index (χ4v) is 9.24. The van der Waals surface area contributed by atoms with Crippen LogP contribution < -0.4 is 0 Å². The smallest absolute Gasteiger partial charge is 0.306 e. The Morgan fingerprint density at radius 2 is 0.494 bits per heavy atom. The second-order valence-corrected chi connectivity index (χ2v) is 22.0. The first-order valence-electron chi connectivity index (χ1n) is 33.4. The summed E-state index contributed by atoms with van der Waals surface area (Å²) >= 11 is 0. The summed E-state index contributed by atoms with van der Waals surface area (Å²) in [6, 6.07) is 0. The number of allylic oxidation sites excluding steroid dienone is 18. The molecule has 0 N–H and O–H groups in total. The van der Waals surface area contributed by atoms with Crippen molar-refractivity contribution in [3.63, 3.8) is 0 Å². The monoisotopic (exact) mass is 1100 g/mol. The molecule has 452 valence electrons. The molecule has 0 aliphatic heterocycles. The molecule has 79 heavy (non-hydrogen) atoms. The summed E-state index contributed by atoms with van der Waals surface area (Å²) in [5.41, 5.74) is 0. The Labute approximate surface area is 489 Å². The van der Waals surface area contributed by atoms with Crippen molar-refractivity contribution < 1.29 is 28.6 Å². The van der Waals surface area contributed by atoms with Crippen molar-refractivity contribution in [2.24, 2.45) is 0 Å². The van der Waals surface area contributed by atoms with Gasteiger partial charge in [-0.05, 0) is 128 Å². The van der Waals surface area contributed by atoms with Crippen LogP contribution >= 0.6 is 0 Å². The highest BCUT2D eigenvalue weighted by atomic mass is 16.6. The van der Waals surface area contributed by atoms with E-state index in [9.17, 15) is 14.4 Å². The van der Waals surface area contributed by atoms with Crippen molar-refractivity contribution in [3.05, 3.63) is 109 Å². The molecule has 0 radical (unpaired) electrons. The molecule has 0 bridgehead atoms. The van der Waals surface area contributed by atoms with Crippen molar-refractivity contribution in [1.29, 1.82) is 0 Å². The standard InChI is InChI=1S/C73H124O6/c1-4-7-10-13-16-19-22-25-27-29-31-33-34-35-36-37-38-40-41-43-45-48-51-54-57-60-63-66-72(75)78-69-70(68-77-71(74)65-62-59-56-53-50-47-24-21-18-15-12-9-6-3)79-73(76)67-64-61-58-55-52-49-46-44-42-39-32-30-28-26-23-20-17-14-11-8-5-2/h7,10,16,19,21,23-27,30-33,35-36,42,44,70H,4-6,8-9,11-15,17-18,20,22,28-29,34,37-41,43,45-69H2,1-3H3/b10-7-,19-16-,24-21-,26-23-,27-25-,32-30-,33-31-,36-35-,44-42-. The molecule has 0 fully saturated rings. The van der Waals surface area contributed by atoms with Gasteiger partial charge in [-0.25, -0.2) is 0 Å². The molecule has 0 aliphatic carbocycles. The Morgan fingerprint density at radius 3 is 0.797 bits per heavy atom. The van der Waals surface area contributed by atoms with Crippen LogP contribution in [0.5, 0.6) is 0 Å². The van der Waals surface area contributed by atoms with Crippen LogP contribution in [0.25, 0.3) is 0 Å². The lowest BCUT2D eigenvalue weighted by atomic mass is 10.0. The van der Waals surface area contributed by atoms with E-state index in [-0.39, 0.29) is 31.1 Å². The molecule has 6 nitrogen and oxygen atoms in total. The van der Waals surface area contributed by atoms with Crippen molar-refractivity contribution in [2.75, 3.05) is 13.2 Å². The molecule has 0 heterocycles. The van der Waals surface area contributed by atoms with Crippen molar-refractivity contribution >= 4 is 17.9 Å². The lowest BCUT2D eigenvalue weighted by Gasteiger charge is -2.18. The second-order valence-electron chi connectivity index (χ2n) is 22.0. The minimum atomic E-state index is -0.792. The summed E-state index contributed by atoms with van der Waals surface area (Å²) in [6.45, 7) is 6.50. The van der Waals surface area contributed by atoms with E-state index in [0.29, 0.717) is 19.3 Å². The maximum atomic E-state index is 12.9. The summed E-state index contributed by atoms with van der Waals surface area (Å²) in [6.07, 6.45) is 90.9. The fourth-order valence-electron chi connectivity index (χ4n) is 9.24. The Bertz CT molecular complexity index is 1590. The minimum Gasteiger partial charge on any atom is -0.462 e. The molecule has 0 aromatic heterocycles. The molecular formula is C73H124O6. The normalized spacial score (nSPS) is 12.8. The predicted molar refractivity (Wildman–Crippen MR) is 343 cm³/mol. The lowest BCUT2D eigenvalue weighted by molar-refractivity contribution is -0.167. The lowest BCUT2D eigenvalue weighted by Crippen LogP contribution is -2.30. The average molecular weight is 1100 g/mol. The van der Waals surface area contributed by atoms with E-state index in [1.54, 1.807) is 0 Å². The van der Waals surface area contributed by atoms with E-state index in [4.69, 9.17) is 14.2 Å². The van der Waals surface area contributed by atoms with Crippen LogP contribution in [0.15, 0.2) is 109 Å². The van der Waals surface area contributed by atoms with Crippen LogP contribution in [-0.2, 0) is 28.6 Å². The number of carbonyl (C=O) groups excluding carboxylic acids is 3. The zero-order valence-electron chi connectivity index (χ0n) is 51.9. The summed E-state index contributed by atoms with van der Waals surface area (Å²) in [7, 11) is 0. The van der Waals surface area contributed by atoms with Gasteiger partial charge in [0.25, 0.3) is 0 Å². The first-order valence-corrected chi connectivity index (χ1v) is 33.4.